The number of carbonyl (C=O) groups is 1. The van der Waals surface area contributed by atoms with E-state index in [-0.39, 0.29) is 11.9 Å². The van der Waals surface area contributed by atoms with Crippen LogP contribution in [0.25, 0.3) is 0 Å². The third-order valence-electron chi connectivity index (χ3n) is 5.16. The number of hydrogen-bond donors (Lipinski definition) is 0. The molecule has 1 aromatic carbocycles. The number of ether oxygens (including phenoxy) is 2. The molecule has 5 nitrogen and oxygen atoms in total. The van der Waals surface area contributed by atoms with Crippen molar-refractivity contribution in [2.45, 2.75) is 31.7 Å². The molecule has 1 atom stereocenters. The maximum atomic E-state index is 13.7. The van der Waals surface area contributed by atoms with Crippen molar-refractivity contribution in [2.75, 3.05) is 46.5 Å². The second kappa shape index (κ2) is 8.63. The first-order valence-electron chi connectivity index (χ1n) is 9.13. The number of likely N-dealkylation sites (tertiary alicyclic amines) is 1. The molecule has 0 aliphatic carbocycles. The van der Waals surface area contributed by atoms with Crippen molar-refractivity contribution in [3.8, 4) is 5.75 Å². The van der Waals surface area contributed by atoms with Gasteiger partial charge in [0.05, 0.1) is 25.9 Å². The van der Waals surface area contributed by atoms with E-state index in [1.807, 2.05) is 4.90 Å². The van der Waals surface area contributed by atoms with Crippen LogP contribution in [0.2, 0.25) is 0 Å². The summed E-state index contributed by atoms with van der Waals surface area (Å²) in [5.74, 6) is -0.0991. The van der Waals surface area contributed by atoms with E-state index >= 15 is 0 Å². The standard InChI is InChI=1S/C19H27FN2O3/c1-24-18-6-5-15(20)14-17(18)19(23)22-8-3-2-4-16(22)7-9-21-10-12-25-13-11-21/h5-6,14,16H,2-4,7-13H2,1H3/t16-/m0/s1. The smallest absolute Gasteiger partial charge is 0.257 e. The highest BCUT2D eigenvalue weighted by molar-refractivity contribution is 5.97. The second-order valence-electron chi connectivity index (χ2n) is 6.74. The van der Waals surface area contributed by atoms with Gasteiger partial charge >= 0.3 is 0 Å². The molecule has 25 heavy (non-hydrogen) atoms. The predicted octanol–water partition coefficient (Wildman–Crippen LogP) is 2.55. The summed E-state index contributed by atoms with van der Waals surface area (Å²) in [6.07, 6.45) is 4.09. The first kappa shape index (κ1) is 18.1. The van der Waals surface area contributed by atoms with Crippen LogP contribution in [0.1, 0.15) is 36.0 Å². The van der Waals surface area contributed by atoms with Crippen LogP contribution in [-0.4, -0.2) is 68.3 Å². The van der Waals surface area contributed by atoms with Crippen LogP contribution >= 0.6 is 0 Å². The van der Waals surface area contributed by atoms with Crippen molar-refractivity contribution in [3.05, 3.63) is 29.6 Å². The summed E-state index contributed by atoms with van der Waals surface area (Å²) in [6.45, 7) is 5.18. The van der Waals surface area contributed by atoms with Gasteiger partial charge in [-0.15, -0.1) is 0 Å². The summed E-state index contributed by atoms with van der Waals surface area (Å²) in [4.78, 5) is 17.3. The van der Waals surface area contributed by atoms with E-state index in [1.165, 1.54) is 25.3 Å². The lowest BCUT2D eigenvalue weighted by Crippen LogP contribution is -2.46. The van der Waals surface area contributed by atoms with E-state index in [0.29, 0.717) is 11.3 Å². The Morgan fingerprint density at radius 1 is 1.28 bits per heavy atom. The van der Waals surface area contributed by atoms with Crippen molar-refractivity contribution < 1.29 is 18.7 Å². The minimum atomic E-state index is -0.411. The molecular weight excluding hydrogens is 323 g/mol. The number of methoxy groups -OCH3 is 1. The van der Waals surface area contributed by atoms with E-state index in [2.05, 4.69) is 4.90 Å². The lowest BCUT2D eigenvalue weighted by molar-refractivity contribution is 0.0295. The van der Waals surface area contributed by atoms with Gasteiger partial charge in [0.1, 0.15) is 11.6 Å². The number of hydrogen-bond acceptors (Lipinski definition) is 4. The van der Waals surface area contributed by atoms with Gasteiger partial charge in [-0.05, 0) is 43.9 Å². The number of amides is 1. The Morgan fingerprint density at radius 3 is 2.84 bits per heavy atom. The van der Waals surface area contributed by atoms with Crippen LogP contribution in [0, 0.1) is 5.82 Å². The molecule has 1 aromatic rings. The predicted molar refractivity (Wildman–Crippen MR) is 93.5 cm³/mol. The number of nitrogens with zero attached hydrogens (tertiary/aromatic N) is 2. The fraction of sp³-hybridized carbons (Fsp3) is 0.632. The van der Waals surface area contributed by atoms with Crippen molar-refractivity contribution in [3.63, 3.8) is 0 Å². The highest BCUT2D eigenvalue weighted by atomic mass is 19.1. The fourth-order valence-electron chi connectivity index (χ4n) is 3.73. The number of piperidine rings is 1. The van der Waals surface area contributed by atoms with Crippen molar-refractivity contribution in [1.82, 2.24) is 9.80 Å². The molecule has 2 aliphatic rings. The molecule has 0 radical (unpaired) electrons. The third-order valence-corrected chi connectivity index (χ3v) is 5.16. The zero-order valence-electron chi connectivity index (χ0n) is 14.9. The summed E-state index contributed by atoms with van der Waals surface area (Å²) < 4.78 is 24.3. The second-order valence-corrected chi connectivity index (χ2v) is 6.74. The number of benzene rings is 1. The van der Waals surface area contributed by atoms with Crippen LogP contribution in [0.4, 0.5) is 4.39 Å². The SMILES string of the molecule is COc1ccc(F)cc1C(=O)N1CCCC[C@H]1CCN1CCOCC1. The number of morpholine rings is 1. The Hall–Kier alpha value is -1.66. The largest absolute Gasteiger partial charge is 0.496 e. The van der Waals surface area contributed by atoms with Gasteiger partial charge in [-0.25, -0.2) is 4.39 Å². The lowest BCUT2D eigenvalue weighted by Gasteiger charge is -2.37. The quantitative estimate of drug-likeness (QED) is 0.818. The van der Waals surface area contributed by atoms with Gasteiger partial charge in [0, 0.05) is 32.2 Å². The van der Waals surface area contributed by atoms with Crippen molar-refractivity contribution >= 4 is 5.91 Å². The summed E-state index contributed by atoms with van der Waals surface area (Å²) in [7, 11) is 1.51. The van der Waals surface area contributed by atoms with Crippen LogP contribution in [0.3, 0.4) is 0 Å². The third kappa shape index (κ3) is 4.50. The normalized spacial score (nSPS) is 22.0. The molecule has 0 spiro atoms. The molecule has 1 amide bonds. The molecule has 6 heteroatoms. The molecular formula is C19H27FN2O3. The first-order valence-corrected chi connectivity index (χ1v) is 9.13. The molecule has 2 aliphatic heterocycles. The average Bonchev–Trinajstić information content (AvgIpc) is 2.67. The summed E-state index contributed by atoms with van der Waals surface area (Å²) in [5.41, 5.74) is 0.320. The monoisotopic (exact) mass is 350 g/mol. The Labute approximate surface area is 148 Å². The van der Waals surface area contributed by atoms with E-state index in [0.717, 1.165) is 65.1 Å². The zero-order valence-corrected chi connectivity index (χ0v) is 14.9. The lowest BCUT2D eigenvalue weighted by atomic mass is 9.97. The topological polar surface area (TPSA) is 42.0 Å². The van der Waals surface area contributed by atoms with Crippen LogP contribution < -0.4 is 4.74 Å². The molecule has 2 saturated heterocycles. The molecule has 2 heterocycles. The minimum Gasteiger partial charge on any atom is -0.496 e. The van der Waals surface area contributed by atoms with Gasteiger partial charge in [0.2, 0.25) is 0 Å². The highest BCUT2D eigenvalue weighted by Gasteiger charge is 2.29. The van der Waals surface area contributed by atoms with E-state index in [4.69, 9.17) is 9.47 Å². The van der Waals surface area contributed by atoms with E-state index < -0.39 is 5.82 Å². The average molecular weight is 350 g/mol. The Bertz CT molecular complexity index is 590. The molecule has 0 bridgehead atoms. The van der Waals surface area contributed by atoms with Gasteiger partial charge in [-0.1, -0.05) is 0 Å². The summed E-state index contributed by atoms with van der Waals surface area (Å²) in [5, 5.41) is 0. The Kier molecular flexibility index (Phi) is 6.26. The molecule has 138 valence electrons. The maximum Gasteiger partial charge on any atom is 0.257 e. The Balaban J connectivity index is 1.69. The van der Waals surface area contributed by atoms with E-state index in [9.17, 15) is 9.18 Å². The molecule has 3 rings (SSSR count). The fourth-order valence-corrected chi connectivity index (χ4v) is 3.73. The summed E-state index contributed by atoms with van der Waals surface area (Å²) >= 11 is 0. The maximum absolute atomic E-state index is 13.7. The molecule has 0 N–H and O–H groups in total. The van der Waals surface area contributed by atoms with Crippen molar-refractivity contribution in [2.24, 2.45) is 0 Å². The minimum absolute atomic E-state index is 0.122. The van der Waals surface area contributed by atoms with Gasteiger partial charge < -0.3 is 14.4 Å². The van der Waals surface area contributed by atoms with Crippen LogP contribution in [-0.2, 0) is 4.74 Å². The molecule has 2 fully saturated rings. The van der Waals surface area contributed by atoms with Gasteiger partial charge in [-0.3, -0.25) is 9.69 Å². The van der Waals surface area contributed by atoms with Crippen LogP contribution in [0.15, 0.2) is 18.2 Å². The van der Waals surface area contributed by atoms with Gasteiger partial charge in [0.15, 0.2) is 0 Å². The molecule has 0 unspecified atom stereocenters. The number of rotatable bonds is 5. The molecule has 0 aromatic heterocycles. The van der Waals surface area contributed by atoms with Crippen molar-refractivity contribution in [1.29, 1.82) is 0 Å². The number of carbonyl (C=O) groups excluding carboxylic acids is 1. The zero-order chi connectivity index (χ0) is 17.6. The van der Waals surface area contributed by atoms with E-state index in [1.54, 1.807) is 0 Å². The van der Waals surface area contributed by atoms with Crippen LogP contribution in [0.5, 0.6) is 5.75 Å². The Morgan fingerprint density at radius 2 is 2.08 bits per heavy atom. The highest BCUT2D eigenvalue weighted by Crippen LogP contribution is 2.27. The summed E-state index contributed by atoms with van der Waals surface area (Å²) in [6, 6.07) is 4.34. The number of halogens is 1. The van der Waals surface area contributed by atoms with Gasteiger partial charge in [-0.2, -0.15) is 0 Å². The van der Waals surface area contributed by atoms with Gasteiger partial charge in [0.25, 0.3) is 5.91 Å². The first-order chi connectivity index (χ1) is 12.2. The molecule has 0 saturated carbocycles.